The summed E-state index contributed by atoms with van der Waals surface area (Å²) >= 11 is 0. The van der Waals surface area contributed by atoms with Crippen molar-refractivity contribution in [2.45, 2.75) is 339 Å². The molecule has 428 valence electrons. The van der Waals surface area contributed by atoms with Gasteiger partial charge in [0.2, 0.25) is 5.91 Å². The number of unbranched alkanes of at least 4 members (excludes halogenated alkanes) is 38. The molecule has 6 N–H and O–H groups in total. The lowest BCUT2D eigenvalue weighted by molar-refractivity contribution is -0.302. The van der Waals surface area contributed by atoms with Crippen LogP contribution in [-0.4, -0.2) is 87.5 Å². The van der Waals surface area contributed by atoms with Crippen LogP contribution in [-0.2, 0) is 14.3 Å². The predicted molar refractivity (Wildman–Crippen MR) is 309 cm³/mol. The number of carbonyl (C=O) groups is 1. The van der Waals surface area contributed by atoms with Gasteiger partial charge in [0.05, 0.1) is 25.4 Å². The molecule has 0 radical (unpaired) electrons. The zero-order chi connectivity index (χ0) is 52.9. The Labute approximate surface area is 450 Å². The Bertz CT molecular complexity index is 1290. The van der Waals surface area contributed by atoms with Crippen molar-refractivity contribution in [3.05, 3.63) is 48.6 Å². The molecular weight excluding hydrogens is 911 g/mol. The Kier molecular flexibility index (Phi) is 50.7. The molecule has 1 heterocycles. The minimum absolute atomic E-state index is 0.185. The summed E-state index contributed by atoms with van der Waals surface area (Å²) in [4.78, 5) is 13.1. The van der Waals surface area contributed by atoms with Gasteiger partial charge in [-0.3, -0.25) is 4.79 Å². The van der Waals surface area contributed by atoms with E-state index in [0.717, 1.165) is 44.9 Å². The highest BCUT2D eigenvalue weighted by Crippen LogP contribution is 2.23. The average molecular weight is 1030 g/mol. The number of amides is 1. The molecule has 1 saturated heterocycles. The van der Waals surface area contributed by atoms with Gasteiger partial charge in [0, 0.05) is 6.42 Å². The third-order valence-corrected chi connectivity index (χ3v) is 14.9. The Morgan fingerprint density at radius 1 is 0.466 bits per heavy atom. The zero-order valence-corrected chi connectivity index (χ0v) is 47.6. The maximum atomic E-state index is 13.1. The fourth-order valence-electron chi connectivity index (χ4n) is 9.91. The molecule has 9 nitrogen and oxygen atoms in total. The van der Waals surface area contributed by atoms with E-state index in [2.05, 4.69) is 55.6 Å². The van der Waals surface area contributed by atoms with Gasteiger partial charge >= 0.3 is 0 Å². The van der Waals surface area contributed by atoms with E-state index < -0.39 is 49.5 Å². The monoisotopic (exact) mass is 1030 g/mol. The number of aliphatic hydroxyl groups is 5. The van der Waals surface area contributed by atoms with Crippen molar-refractivity contribution < 1.29 is 39.8 Å². The van der Waals surface area contributed by atoms with Crippen LogP contribution in [0.5, 0.6) is 0 Å². The normalized spacial score (nSPS) is 19.4. The van der Waals surface area contributed by atoms with Crippen LogP contribution in [0.4, 0.5) is 0 Å². The van der Waals surface area contributed by atoms with E-state index in [1.807, 2.05) is 6.08 Å². The highest BCUT2D eigenvalue weighted by molar-refractivity contribution is 5.76. The lowest BCUT2D eigenvalue weighted by atomic mass is 9.99. The minimum Gasteiger partial charge on any atom is -0.394 e. The molecule has 0 aromatic rings. The Morgan fingerprint density at radius 3 is 1.23 bits per heavy atom. The molecule has 1 amide bonds. The summed E-state index contributed by atoms with van der Waals surface area (Å²) in [5.74, 6) is -0.185. The van der Waals surface area contributed by atoms with Gasteiger partial charge in [0.1, 0.15) is 24.4 Å². The second-order valence-electron chi connectivity index (χ2n) is 21.8. The second kappa shape index (κ2) is 53.5. The highest BCUT2D eigenvalue weighted by atomic mass is 16.7. The van der Waals surface area contributed by atoms with Crippen LogP contribution in [0.1, 0.15) is 296 Å². The zero-order valence-electron chi connectivity index (χ0n) is 47.6. The first kappa shape index (κ1) is 69.2. The third kappa shape index (κ3) is 42.9. The number of nitrogens with one attached hydrogen (secondary N) is 1. The summed E-state index contributed by atoms with van der Waals surface area (Å²) in [6.07, 6.45) is 64.8. The third-order valence-electron chi connectivity index (χ3n) is 14.9. The first-order valence-electron chi connectivity index (χ1n) is 31.4. The molecule has 1 aliphatic rings. The SMILES string of the molecule is CCCCCCC/C=C\C/C=C\CCCCCCCCCCCCCCCC(=O)NC(COC1OC(CO)C(O)C(O)C1O)C(O)/C=C/CC/C=C/CCCCCCCCCCCCCCCCCCCCC. The smallest absolute Gasteiger partial charge is 0.220 e. The van der Waals surface area contributed by atoms with Gasteiger partial charge in [-0.15, -0.1) is 0 Å². The van der Waals surface area contributed by atoms with Gasteiger partial charge in [0.25, 0.3) is 0 Å². The number of hydrogen-bond acceptors (Lipinski definition) is 8. The fraction of sp³-hybridized carbons (Fsp3) is 0.859. The van der Waals surface area contributed by atoms with E-state index in [-0.39, 0.29) is 12.5 Å². The van der Waals surface area contributed by atoms with Gasteiger partial charge in [-0.05, 0) is 64.2 Å². The molecule has 7 unspecified atom stereocenters. The number of aliphatic hydroxyl groups excluding tert-OH is 5. The van der Waals surface area contributed by atoms with Crippen LogP contribution in [0.15, 0.2) is 48.6 Å². The van der Waals surface area contributed by atoms with Crippen molar-refractivity contribution in [3.63, 3.8) is 0 Å². The van der Waals surface area contributed by atoms with Crippen LogP contribution >= 0.6 is 0 Å². The number of carbonyl (C=O) groups excluding carboxylic acids is 1. The molecule has 1 rings (SSSR count). The number of ether oxygens (including phenoxy) is 2. The van der Waals surface area contributed by atoms with Gasteiger partial charge in [-0.2, -0.15) is 0 Å². The number of allylic oxidation sites excluding steroid dienone is 7. The molecule has 7 atom stereocenters. The molecular formula is C64H119NO8. The van der Waals surface area contributed by atoms with Crippen molar-refractivity contribution >= 4 is 5.91 Å². The van der Waals surface area contributed by atoms with Crippen LogP contribution in [0.25, 0.3) is 0 Å². The maximum absolute atomic E-state index is 13.1. The minimum atomic E-state index is -1.57. The van der Waals surface area contributed by atoms with E-state index in [9.17, 15) is 30.3 Å². The van der Waals surface area contributed by atoms with Crippen molar-refractivity contribution in [3.8, 4) is 0 Å². The lowest BCUT2D eigenvalue weighted by Crippen LogP contribution is -2.60. The van der Waals surface area contributed by atoms with Crippen LogP contribution in [0.3, 0.4) is 0 Å². The largest absolute Gasteiger partial charge is 0.394 e. The summed E-state index contributed by atoms with van der Waals surface area (Å²) in [5.41, 5.74) is 0. The maximum Gasteiger partial charge on any atom is 0.220 e. The summed E-state index contributed by atoms with van der Waals surface area (Å²) in [6, 6.07) is -0.824. The van der Waals surface area contributed by atoms with E-state index in [1.165, 1.54) is 231 Å². The van der Waals surface area contributed by atoms with Gasteiger partial charge in [0.15, 0.2) is 6.29 Å². The van der Waals surface area contributed by atoms with E-state index in [0.29, 0.717) is 6.42 Å². The van der Waals surface area contributed by atoms with E-state index >= 15 is 0 Å². The highest BCUT2D eigenvalue weighted by Gasteiger charge is 2.44. The first-order chi connectivity index (χ1) is 35.8. The van der Waals surface area contributed by atoms with Crippen molar-refractivity contribution in [1.29, 1.82) is 0 Å². The summed E-state index contributed by atoms with van der Waals surface area (Å²) in [6.45, 7) is 3.79. The summed E-state index contributed by atoms with van der Waals surface area (Å²) in [5, 5.41) is 54.6. The van der Waals surface area contributed by atoms with E-state index in [4.69, 9.17) is 9.47 Å². The topological polar surface area (TPSA) is 149 Å². The lowest BCUT2D eigenvalue weighted by Gasteiger charge is -2.40. The van der Waals surface area contributed by atoms with Gasteiger partial charge < -0.3 is 40.3 Å². The Balaban J connectivity index is 2.21. The fourth-order valence-corrected chi connectivity index (χ4v) is 9.91. The molecule has 0 bridgehead atoms. The molecule has 0 aromatic carbocycles. The Hall–Kier alpha value is -1.85. The molecule has 0 saturated carbocycles. The van der Waals surface area contributed by atoms with Crippen LogP contribution in [0.2, 0.25) is 0 Å². The Morgan fingerprint density at radius 2 is 0.822 bits per heavy atom. The summed E-state index contributed by atoms with van der Waals surface area (Å²) < 4.78 is 11.3. The first-order valence-corrected chi connectivity index (χ1v) is 31.4. The van der Waals surface area contributed by atoms with Gasteiger partial charge in [-0.25, -0.2) is 0 Å². The summed E-state index contributed by atoms with van der Waals surface area (Å²) in [7, 11) is 0. The molecule has 0 spiro atoms. The van der Waals surface area contributed by atoms with E-state index in [1.54, 1.807) is 6.08 Å². The number of rotatable bonds is 54. The quantitative estimate of drug-likeness (QED) is 0.0261. The molecule has 9 heteroatoms. The molecule has 73 heavy (non-hydrogen) atoms. The van der Waals surface area contributed by atoms with Crippen LogP contribution < -0.4 is 5.32 Å². The van der Waals surface area contributed by atoms with Crippen molar-refractivity contribution in [1.82, 2.24) is 5.32 Å². The standard InChI is InChI=1S/C64H119NO8/c1-3-5-7-9-11-13-15-17-19-21-23-25-27-29-31-33-35-37-39-41-43-45-47-49-51-53-58(67)57(56-72-64-63(71)62(70)61(69)59(55-66)73-64)65-60(68)54-52-50-48-46-44-42-40-38-36-34-32-30-28-26-24-22-20-18-16-14-12-10-8-6-4-2/h16,18,22,24,43,45,51,53,57-59,61-64,66-67,69-71H,3-15,17,19-21,23,25-42,44,46-50,52,54-56H2,1-2H3,(H,65,68)/b18-16-,24-22-,45-43+,53-51+. The number of hydrogen-bond donors (Lipinski definition) is 6. The van der Waals surface area contributed by atoms with Crippen molar-refractivity contribution in [2.75, 3.05) is 13.2 Å². The predicted octanol–water partition coefficient (Wildman–Crippen LogP) is 16.1. The molecule has 0 aliphatic carbocycles. The second-order valence-corrected chi connectivity index (χ2v) is 21.8. The van der Waals surface area contributed by atoms with Crippen LogP contribution in [0, 0.1) is 0 Å². The average Bonchev–Trinajstić information content (AvgIpc) is 3.39. The molecule has 1 fully saturated rings. The molecule has 1 aliphatic heterocycles. The van der Waals surface area contributed by atoms with Crippen molar-refractivity contribution in [2.24, 2.45) is 0 Å². The molecule has 0 aromatic heterocycles. The van der Waals surface area contributed by atoms with Gasteiger partial charge in [-0.1, -0.05) is 274 Å².